The number of hydrogen-bond acceptors (Lipinski definition) is 2. The lowest BCUT2D eigenvalue weighted by Gasteiger charge is -2.46. The normalized spacial score (nSPS) is 47.8. The number of hydrogen-bond donors (Lipinski definition) is 1. The molecule has 2 heteroatoms. The molecule has 1 aliphatic heterocycles. The van der Waals surface area contributed by atoms with Gasteiger partial charge >= 0.3 is 0 Å². The maximum atomic E-state index is 5.98. The van der Waals surface area contributed by atoms with Gasteiger partial charge in [0.2, 0.25) is 0 Å². The van der Waals surface area contributed by atoms with E-state index in [1.165, 1.54) is 19.5 Å². The second-order valence-electron chi connectivity index (χ2n) is 5.15. The quantitative estimate of drug-likeness (QED) is 0.634. The second-order valence-corrected chi connectivity index (χ2v) is 5.15. The van der Waals surface area contributed by atoms with Gasteiger partial charge in [-0.2, -0.15) is 0 Å². The van der Waals surface area contributed by atoms with E-state index in [0.717, 1.165) is 5.92 Å². The molecule has 0 aromatic rings. The molecule has 0 spiro atoms. The Morgan fingerprint density at radius 1 is 1.50 bits per heavy atom. The Morgan fingerprint density at radius 3 is 2.58 bits per heavy atom. The molecule has 2 nitrogen and oxygen atoms in total. The third-order valence-electron chi connectivity index (χ3n) is 3.84. The largest absolute Gasteiger partial charge is 0.327 e. The van der Waals surface area contributed by atoms with Crippen molar-refractivity contribution in [2.45, 2.75) is 39.3 Å². The number of nitrogens with two attached hydrogens (primary N) is 1. The van der Waals surface area contributed by atoms with Gasteiger partial charge in [0.15, 0.2) is 0 Å². The Labute approximate surface area is 75.1 Å². The zero-order chi connectivity index (χ0) is 8.93. The summed E-state index contributed by atoms with van der Waals surface area (Å²) in [6.45, 7) is 9.45. The Balaban J connectivity index is 2.04. The highest BCUT2D eigenvalue weighted by Gasteiger charge is 2.54. The van der Waals surface area contributed by atoms with Crippen molar-refractivity contribution >= 4 is 0 Å². The number of fused-ring (bicyclic) bond motifs is 1. The van der Waals surface area contributed by atoms with Crippen LogP contribution in [0.15, 0.2) is 0 Å². The van der Waals surface area contributed by atoms with Crippen LogP contribution in [-0.4, -0.2) is 30.1 Å². The molecule has 2 aliphatic rings. The van der Waals surface area contributed by atoms with Crippen molar-refractivity contribution in [3.63, 3.8) is 0 Å². The first-order valence-corrected chi connectivity index (χ1v) is 5.02. The summed E-state index contributed by atoms with van der Waals surface area (Å²) in [5.74, 6) is 0.778. The third-order valence-corrected chi connectivity index (χ3v) is 3.84. The van der Waals surface area contributed by atoms with Gasteiger partial charge in [-0.15, -0.1) is 0 Å². The highest BCUT2D eigenvalue weighted by molar-refractivity contribution is 5.08. The van der Waals surface area contributed by atoms with Gasteiger partial charge in [-0.25, -0.2) is 0 Å². The van der Waals surface area contributed by atoms with Crippen LogP contribution in [0.25, 0.3) is 0 Å². The predicted molar refractivity (Wildman–Crippen MR) is 50.9 cm³/mol. The van der Waals surface area contributed by atoms with Gasteiger partial charge < -0.3 is 10.6 Å². The van der Waals surface area contributed by atoms with Crippen LogP contribution in [0.4, 0.5) is 0 Å². The minimum absolute atomic E-state index is 0.485. The molecular weight excluding hydrogens is 148 g/mol. The molecule has 0 unspecified atom stereocenters. The van der Waals surface area contributed by atoms with E-state index in [-0.39, 0.29) is 0 Å². The van der Waals surface area contributed by atoms with E-state index < -0.39 is 0 Å². The van der Waals surface area contributed by atoms with Crippen LogP contribution in [0, 0.1) is 11.3 Å². The summed E-state index contributed by atoms with van der Waals surface area (Å²) in [6, 6.07) is 1.18. The van der Waals surface area contributed by atoms with Crippen LogP contribution in [0.3, 0.4) is 0 Å². The van der Waals surface area contributed by atoms with Crippen LogP contribution in [0.2, 0.25) is 0 Å². The van der Waals surface area contributed by atoms with Crippen LogP contribution in [-0.2, 0) is 0 Å². The smallest absolute Gasteiger partial charge is 0.00908 e. The van der Waals surface area contributed by atoms with Crippen LogP contribution < -0.4 is 5.73 Å². The summed E-state index contributed by atoms with van der Waals surface area (Å²) in [4.78, 5) is 2.57. The van der Waals surface area contributed by atoms with Crippen molar-refractivity contribution in [3.05, 3.63) is 0 Å². The van der Waals surface area contributed by atoms with Gasteiger partial charge in [-0.3, -0.25) is 0 Å². The van der Waals surface area contributed by atoms with Crippen molar-refractivity contribution in [1.29, 1.82) is 0 Å². The zero-order valence-electron chi connectivity index (χ0n) is 8.38. The fourth-order valence-electron chi connectivity index (χ4n) is 2.90. The molecule has 1 saturated carbocycles. The first-order valence-electron chi connectivity index (χ1n) is 5.02. The van der Waals surface area contributed by atoms with E-state index in [1.54, 1.807) is 0 Å². The highest BCUT2D eigenvalue weighted by Crippen LogP contribution is 2.50. The first kappa shape index (κ1) is 8.52. The Bertz CT molecular complexity index is 190. The lowest BCUT2D eigenvalue weighted by Crippen LogP contribution is -2.53. The molecule has 0 aromatic carbocycles. The molecule has 0 radical (unpaired) electrons. The lowest BCUT2D eigenvalue weighted by molar-refractivity contribution is 0.0754. The zero-order valence-corrected chi connectivity index (χ0v) is 8.38. The minimum atomic E-state index is 0.485. The summed E-state index contributed by atoms with van der Waals surface area (Å²) in [5, 5.41) is 0. The molecule has 70 valence electrons. The summed E-state index contributed by atoms with van der Waals surface area (Å²) >= 11 is 0. The van der Waals surface area contributed by atoms with E-state index in [2.05, 4.69) is 25.7 Å². The molecule has 3 atom stereocenters. The summed E-state index contributed by atoms with van der Waals surface area (Å²) in [5.41, 5.74) is 6.54. The fourth-order valence-corrected chi connectivity index (χ4v) is 2.90. The van der Waals surface area contributed by atoms with E-state index in [0.29, 0.717) is 17.5 Å². The third kappa shape index (κ3) is 1.01. The monoisotopic (exact) mass is 168 g/mol. The Kier molecular flexibility index (Phi) is 1.74. The second kappa shape index (κ2) is 2.46. The van der Waals surface area contributed by atoms with Crippen molar-refractivity contribution < 1.29 is 0 Å². The van der Waals surface area contributed by atoms with E-state index in [1.807, 2.05) is 0 Å². The van der Waals surface area contributed by atoms with Gasteiger partial charge in [0.1, 0.15) is 0 Å². The van der Waals surface area contributed by atoms with Gasteiger partial charge in [0, 0.05) is 25.2 Å². The summed E-state index contributed by atoms with van der Waals surface area (Å²) < 4.78 is 0. The van der Waals surface area contributed by atoms with Crippen molar-refractivity contribution in [1.82, 2.24) is 4.90 Å². The van der Waals surface area contributed by atoms with Crippen molar-refractivity contribution in [2.24, 2.45) is 17.1 Å². The topological polar surface area (TPSA) is 29.3 Å². The molecule has 2 rings (SSSR count). The molecule has 12 heavy (non-hydrogen) atoms. The van der Waals surface area contributed by atoms with Crippen molar-refractivity contribution in [2.75, 3.05) is 13.1 Å². The molecule has 0 aromatic heterocycles. The van der Waals surface area contributed by atoms with Crippen LogP contribution in [0.1, 0.15) is 27.2 Å². The molecule has 0 amide bonds. The molecule has 0 bridgehead atoms. The molecule has 1 heterocycles. The average molecular weight is 168 g/mol. The number of likely N-dealkylation sites (tertiary alicyclic amines) is 1. The summed E-state index contributed by atoms with van der Waals surface area (Å²) in [6.07, 6.45) is 1.24. The van der Waals surface area contributed by atoms with E-state index in [4.69, 9.17) is 5.73 Å². The predicted octanol–water partition coefficient (Wildman–Crippen LogP) is 1.06. The molecule has 2 N–H and O–H groups in total. The summed E-state index contributed by atoms with van der Waals surface area (Å²) in [7, 11) is 0. The van der Waals surface area contributed by atoms with Crippen LogP contribution >= 0.6 is 0 Å². The molecule has 1 aliphatic carbocycles. The van der Waals surface area contributed by atoms with Gasteiger partial charge in [0.05, 0.1) is 0 Å². The fraction of sp³-hybridized carbons (Fsp3) is 1.00. The standard InChI is InChI=1S/C10H20N2/c1-7(2)12-5-8-9(11)4-10(8,3)6-12/h7-9H,4-6,11H2,1-3H3/t8-,9-,10-/m1/s1. The van der Waals surface area contributed by atoms with Gasteiger partial charge in [-0.05, 0) is 31.6 Å². The Morgan fingerprint density at radius 2 is 2.17 bits per heavy atom. The number of rotatable bonds is 1. The minimum Gasteiger partial charge on any atom is -0.327 e. The number of nitrogens with zero attached hydrogens (tertiary/aromatic N) is 1. The van der Waals surface area contributed by atoms with E-state index >= 15 is 0 Å². The van der Waals surface area contributed by atoms with E-state index in [9.17, 15) is 0 Å². The van der Waals surface area contributed by atoms with Gasteiger partial charge in [-0.1, -0.05) is 6.92 Å². The average Bonchev–Trinajstić information content (AvgIpc) is 2.22. The first-order chi connectivity index (χ1) is 5.53. The SMILES string of the molecule is CC(C)N1C[C@@H]2[C@H](N)C[C@]2(C)C1. The van der Waals surface area contributed by atoms with Gasteiger partial charge in [0.25, 0.3) is 0 Å². The maximum absolute atomic E-state index is 5.98. The Hall–Kier alpha value is -0.0800. The van der Waals surface area contributed by atoms with Crippen LogP contribution in [0.5, 0.6) is 0 Å². The molecule has 2 fully saturated rings. The maximum Gasteiger partial charge on any atom is 0.00908 e. The lowest BCUT2D eigenvalue weighted by atomic mass is 9.60. The molecule has 1 saturated heterocycles. The molecular formula is C10H20N2. The highest BCUT2D eigenvalue weighted by atomic mass is 15.2. The van der Waals surface area contributed by atoms with Crippen molar-refractivity contribution in [3.8, 4) is 0 Å².